The standard InChI is InChI=1S/C26H25FN4O2S/c1-17-13-14-22(18(2)15-17)28-25(32)19(3)34-26-30-29-24(31(26)20-9-5-4-6-10-20)16-33-23-12-8-7-11-21(23)27/h4-15,19H,16H2,1-3H3,(H,28,32). The first kappa shape index (κ1) is 23.5. The van der Waals surface area contributed by atoms with Gasteiger partial charge in [0.2, 0.25) is 5.91 Å². The monoisotopic (exact) mass is 476 g/mol. The molecule has 34 heavy (non-hydrogen) atoms. The quantitative estimate of drug-likeness (QED) is 0.329. The smallest absolute Gasteiger partial charge is 0.237 e. The Hall–Kier alpha value is -3.65. The van der Waals surface area contributed by atoms with Gasteiger partial charge in [0.1, 0.15) is 6.61 Å². The predicted molar refractivity (Wildman–Crippen MR) is 132 cm³/mol. The van der Waals surface area contributed by atoms with Gasteiger partial charge in [0.05, 0.1) is 5.25 Å². The van der Waals surface area contributed by atoms with Crippen LogP contribution >= 0.6 is 11.8 Å². The minimum atomic E-state index is -0.445. The highest BCUT2D eigenvalue weighted by Crippen LogP contribution is 2.28. The summed E-state index contributed by atoms with van der Waals surface area (Å²) < 4.78 is 21.5. The van der Waals surface area contributed by atoms with Crippen LogP contribution in [0.2, 0.25) is 0 Å². The molecule has 0 bridgehead atoms. The van der Waals surface area contributed by atoms with Gasteiger partial charge in [-0.15, -0.1) is 10.2 Å². The normalized spacial score (nSPS) is 11.8. The average Bonchev–Trinajstić information content (AvgIpc) is 3.23. The molecule has 0 saturated carbocycles. The van der Waals surface area contributed by atoms with Gasteiger partial charge < -0.3 is 10.1 Å². The van der Waals surface area contributed by atoms with Crippen LogP contribution in [0.3, 0.4) is 0 Å². The van der Waals surface area contributed by atoms with Crippen molar-refractivity contribution in [3.8, 4) is 11.4 Å². The second kappa shape index (κ2) is 10.5. The van der Waals surface area contributed by atoms with E-state index in [0.717, 1.165) is 22.5 Å². The number of hydrogen-bond acceptors (Lipinski definition) is 5. The Morgan fingerprint density at radius 2 is 1.79 bits per heavy atom. The van der Waals surface area contributed by atoms with Crippen molar-refractivity contribution in [1.82, 2.24) is 14.8 Å². The highest BCUT2D eigenvalue weighted by Gasteiger charge is 2.22. The van der Waals surface area contributed by atoms with Gasteiger partial charge in [-0.05, 0) is 56.7 Å². The van der Waals surface area contributed by atoms with E-state index < -0.39 is 11.1 Å². The number of rotatable bonds is 8. The van der Waals surface area contributed by atoms with Crippen LogP contribution in [0.15, 0.2) is 78.0 Å². The summed E-state index contributed by atoms with van der Waals surface area (Å²) in [5.74, 6) is 0.0581. The molecule has 174 valence electrons. The second-order valence-electron chi connectivity index (χ2n) is 7.86. The zero-order valence-corrected chi connectivity index (χ0v) is 20.0. The summed E-state index contributed by atoms with van der Waals surface area (Å²) in [6.07, 6.45) is 0. The van der Waals surface area contributed by atoms with E-state index in [9.17, 15) is 9.18 Å². The van der Waals surface area contributed by atoms with Gasteiger partial charge in [-0.25, -0.2) is 4.39 Å². The number of carbonyl (C=O) groups is 1. The maximum absolute atomic E-state index is 14.0. The van der Waals surface area contributed by atoms with E-state index in [0.29, 0.717) is 11.0 Å². The lowest BCUT2D eigenvalue weighted by molar-refractivity contribution is -0.115. The Bertz CT molecular complexity index is 1290. The van der Waals surface area contributed by atoms with E-state index >= 15 is 0 Å². The highest BCUT2D eigenvalue weighted by molar-refractivity contribution is 8.00. The lowest BCUT2D eigenvalue weighted by Crippen LogP contribution is -2.23. The number of anilines is 1. The van der Waals surface area contributed by atoms with Crippen LogP contribution in [-0.4, -0.2) is 25.9 Å². The predicted octanol–water partition coefficient (Wildman–Crippen LogP) is 5.72. The molecule has 0 spiro atoms. The Balaban J connectivity index is 1.55. The van der Waals surface area contributed by atoms with Crippen LogP contribution in [0.1, 0.15) is 23.9 Å². The van der Waals surface area contributed by atoms with E-state index in [1.165, 1.54) is 17.8 Å². The van der Waals surface area contributed by atoms with E-state index in [1.807, 2.05) is 73.9 Å². The number of thioether (sulfide) groups is 1. The van der Waals surface area contributed by atoms with Crippen LogP contribution in [-0.2, 0) is 11.4 Å². The van der Waals surface area contributed by atoms with Crippen molar-refractivity contribution in [1.29, 1.82) is 0 Å². The number of aryl methyl sites for hydroxylation is 2. The van der Waals surface area contributed by atoms with Crippen LogP contribution in [0.5, 0.6) is 5.75 Å². The summed E-state index contributed by atoms with van der Waals surface area (Å²) in [6, 6.07) is 21.7. The van der Waals surface area contributed by atoms with E-state index in [-0.39, 0.29) is 18.3 Å². The molecule has 3 aromatic carbocycles. The van der Waals surface area contributed by atoms with Crippen LogP contribution < -0.4 is 10.1 Å². The Morgan fingerprint density at radius 3 is 2.53 bits per heavy atom. The van der Waals surface area contributed by atoms with E-state index in [4.69, 9.17) is 4.74 Å². The van der Waals surface area contributed by atoms with Gasteiger partial charge in [0, 0.05) is 11.4 Å². The largest absolute Gasteiger partial charge is 0.483 e. The van der Waals surface area contributed by atoms with Gasteiger partial charge in [0.25, 0.3) is 0 Å². The molecule has 1 aromatic heterocycles. The lowest BCUT2D eigenvalue weighted by atomic mass is 10.1. The minimum absolute atomic E-state index is 0.0204. The molecule has 1 heterocycles. The molecule has 0 fully saturated rings. The zero-order valence-electron chi connectivity index (χ0n) is 19.2. The Labute approximate surface area is 202 Å². The highest BCUT2D eigenvalue weighted by atomic mass is 32.2. The summed E-state index contributed by atoms with van der Waals surface area (Å²) in [5, 5.41) is 11.7. The Morgan fingerprint density at radius 1 is 1.06 bits per heavy atom. The van der Waals surface area contributed by atoms with Crippen LogP contribution in [0, 0.1) is 19.7 Å². The van der Waals surface area contributed by atoms with Crippen molar-refractivity contribution in [2.75, 3.05) is 5.32 Å². The van der Waals surface area contributed by atoms with Crippen molar-refractivity contribution < 1.29 is 13.9 Å². The number of aromatic nitrogens is 3. The molecular weight excluding hydrogens is 451 g/mol. The first-order valence-corrected chi connectivity index (χ1v) is 11.7. The molecule has 0 aliphatic carbocycles. The fourth-order valence-corrected chi connectivity index (χ4v) is 4.30. The average molecular weight is 477 g/mol. The van der Waals surface area contributed by atoms with Gasteiger partial charge in [-0.2, -0.15) is 0 Å². The minimum Gasteiger partial charge on any atom is -0.483 e. The number of amides is 1. The molecule has 0 aliphatic heterocycles. The number of nitrogens with zero attached hydrogens (tertiary/aromatic N) is 3. The Kier molecular flexibility index (Phi) is 7.27. The third kappa shape index (κ3) is 5.46. The van der Waals surface area contributed by atoms with Crippen LogP contribution in [0.4, 0.5) is 10.1 Å². The number of benzene rings is 3. The van der Waals surface area contributed by atoms with Gasteiger partial charge in [-0.1, -0.05) is 59.8 Å². The summed E-state index contributed by atoms with van der Waals surface area (Å²) in [6.45, 7) is 5.82. The lowest BCUT2D eigenvalue weighted by Gasteiger charge is -2.15. The number of para-hydroxylation sites is 2. The number of ether oxygens (including phenoxy) is 1. The third-order valence-corrected chi connectivity index (χ3v) is 6.24. The number of halogens is 1. The summed E-state index contributed by atoms with van der Waals surface area (Å²) >= 11 is 1.29. The number of nitrogens with one attached hydrogen (secondary N) is 1. The maximum atomic E-state index is 14.0. The first-order chi connectivity index (χ1) is 16.4. The van der Waals surface area contributed by atoms with Crippen LogP contribution in [0.25, 0.3) is 5.69 Å². The molecule has 0 aliphatic rings. The molecule has 8 heteroatoms. The van der Waals surface area contributed by atoms with Crippen molar-refractivity contribution >= 4 is 23.4 Å². The van der Waals surface area contributed by atoms with Crippen molar-refractivity contribution in [2.24, 2.45) is 0 Å². The molecule has 4 rings (SSSR count). The number of carbonyl (C=O) groups excluding carboxylic acids is 1. The maximum Gasteiger partial charge on any atom is 0.237 e. The third-order valence-electron chi connectivity index (χ3n) is 5.20. The fraction of sp³-hybridized carbons (Fsp3) is 0.192. The fourth-order valence-electron chi connectivity index (χ4n) is 3.41. The number of hydrogen-bond donors (Lipinski definition) is 1. The van der Waals surface area contributed by atoms with Gasteiger partial charge >= 0.3 is 0 Å². The first-order valence-electron chi connectivity index (χ1n) is 10.8. The van der Waals surface area contributed by atoms with Crippen molar-refractivity contribution in [2.45, 2.75) is 37.8 Å². The second-order valence-corrected chi connectivity index (χ2v) is 9.16. The van der Waals surface area contributed by atoms with E-state index in [2.05, 4.69) is 15.5 Å². The SMILES string of the molecule is Cc1ccc(NC(=O)C(C)Sc2nnc(COc3ccccc3F)n2-c2ccccc2)c(C)c1. The van der Waals surface area contributed by atoms with E-state index in [1.54, 1.807) is 18.2 Å². The zero-order chi connectivity index (χ0) is 24.1. The molecule has 6 nitrogen and oxygen atoms in total. The summed E-state index contributed by atoms with van der Waals surface area (Å²) in [7, 11) is 0. The molecule has 0 saturated heterocycles. The molecule has 1 unspecified atom stereocenters. The molecule has 1 atom stereocenters. The summed E-state index contributed by atoms with van der Waals surface area (Å²) in [5.41, 5.74) is 3.75. The molecular formula is C26H25FN4O2S. The van der Waals surface area contributed by atoms with Gasteiger partial charge in [0.15, 0.2) is 22.5 Å². The van der Waals surface area contributed by atoms with Crippen molar-refractivity contribution in [3.05, 3.63) is 95.6 Å². The van der Waals surface area contributed by atoms with Crippen molar-refractivity contribution in [3.63, 3.8) is 0 Å². The molecule has 1 N–H and O–H groups in total. The molecule has 1 amide bonds. The topological polar surface area (TPSA) is 69.0 Å². The van der Waals surface area contributed by atoms with Gasteiger partial charge in [-0.3, -0.25) is 9.36 Å². The molecule has 4 aromatic rings. The summed E-state index contributed by atoms with van der Waals surface area (Å²) in [4.78, 5) is 12.9. The molecule has 0 radical (unpaired) electrons.